The largest absolute Gasteiger partial charge is 0.358 e. The van der Waals surface area contributed by atoms with Gasteiger partial charge in [-0.2, -0.15) is 5.26 Å². The molecule has 0 aliphatic heterocycles. The summed E-state index contributed by atoms with van der Waals surface area (Å²) >= 11 is 0. The summed E-state index contributed by atoms with van der Waals surface area (Å²) < 4.78 is 1.28. The van der Waals surface area contributed by atoms with Gasteiger partial charge in [-0.15, -0.1) is 0 Å². The van der Waals surface area contributed by atoms with Crippen LogP contribution in [-0.2, 0) is 6.54 Å². The minimum absolute atomic E-state index is 0.0172. The van der Waals surface area contributed by atoms with E-state index in [1.165, 1.54) is 22.9 Å². The van der Waals surface area contributed by atoms with Gasteiger partial charge in [-0.1, -0.05) is 0 Å². The molecule has 0 amide bonds. The van der Waals surface area contributed by atoms with Gasteiger partial charge in [-0.3, -0.25) is 0 Å². The highest BCUT2D eigenvalue weighted by molar-refractivity contribution is 5.21. The van der Waals surface area contributed by atoms with Gasteiger partial charge in [0.1, 0.15) is 6.07 Å². The van der Waals surface area contributed by atoms with Crippen molar-refractivity contribution >= 4 is 5.82 Å². The van der Waals surface area contributed by atoms with Crippen LogP contribution in [0.25, 0.3) is 0 Å². The van der Waals surface area contributed by atoms with Gasteiger partial charge in [0.15, 0.2) is 6.54 Å². The summed E-state index contributed by atoms with van der Waals surface area (Å²) in [4.78, 5) is 9.72. The maximum absolute atomic E-state index is 10.2. The second kappa shape index (κ2) is 2.84. The van der Waals surface area contributed by atoms with Crippen LogP contribution in [0.15, 0.2) is 18.3 Å². The minimum atomic E-state index is -0.517. The molecule has 0 spiro atoms. The SMILES string of the molecule is N#CCn1cccc1[N+](=O)[O-]. The molecule has 56 valence electrons. The number of nitrogens with zero attached hydrogens (tertiary/aromatic N) is 3. The van der Waals surface area contributed by atoms with Gasteiger partial charge in [-0.25, -0.2) is 4.57 Å². The van der Waals surface area contributed by atoms with E-state index in [1.807, 2.05) is 6.07 Å². The molecular weight excluding hydrogens is 146 g/mol. The number of hydrogen-bond donors (Lipinski definition) is 0. The predicted octanol–water partition coefficient (Wildman–Crippen LogP) is 0.920. The van der Waals surface area contributed by atoms with Crippen molar-refractivity contribution < 1.29 is 4.92 Å². The Labute approximate surface area is 62.6 Å². The fraction of sp³-hybridized carbons (Fsp3) is 0.167. The highest BCUT2D eigenvalue weighted by Crippen LogP contribution is 2.10. The molecular formula is C6H5N3O2. The van der Waals surface area contributed by atoms with Gasteiger partial charge in [0.05, 0.1) is 6.20 Å². The van der Waals surface area contributed by atoms with Crippen molar-refractivity contribution in [1.82, 2.24) is 4.57 Å². The lowest BCUT2D eigenvalue weighted by Gasteiger charge is -1.94. The van der Waals surface area contributed by atoms with E-state index in [2.05, 4.69) is 0 Å². The van der Waals surface area contributed by atoms with Crippen molar-refractivity contribution in [3.63, 3.8) is 0 Å². The van der Waals surface area contributed by atoms with Gasteiger partial charge in [-0.05, 0) is 11.0 Å². The normalized spacial score (nSPS) is 9.00. The molecule has 0 bridgehead atoms. The molecule has 0 N–H and O–H groups in total. The lowest BCUT2D eigenvalue weighted by atomic mass is 10.6. The summed E-state index contributed by atoms with van der Waals surface area (Å²) in [5.41, 5.74) is 0. The van der Waals surface area contributed by atoms with Crippen molar-refractivity contribution in [1.29, 1.82) is 5.26 Å². The van der Waals surface area contributed by atoms with E-state index in [0.29, 0.717) is 0 Å². The lowest BCUT2D eigenvalue weighted by molar-refractivity contribution is -0.391. The van der Waals surface area contributed by atoms with Crippen LogP contribution < -0.4 is 0 Å². The Bertz CT molecular complexity index is 310. The second-order valence-electron chi connectivity index (χ2n) is 1.91. The third-order valence-electron chi connectivity index (χ3n) is 1.23. The Kier molecular flexibility index (Phi) is 1.88. The average Bonchev–Trinajstić information content (AvgIpc) is 2.36. The van der Waals surface area contributed by atoms with Gasteiger partial charge < -0.3 is 10.1 Å². The highest BCUT2D eigenvalue weighted by atomic mass is 16.6. The molecule has 0 radical (unpaired) electrons. The maximum atomic E-state index is 10.2. The van der Waals surface area contributed by atoms with E-state index >= 15 is 0 Å². The van der Waals surface area contributed by atoms with Gasteiger partial charge in [0.25, 0.3) is 0 Å². The Morgan fingerprint density at radius 2 is 2.55 bits per heavy atom. The topological polar surface area (TPSA) is 71.9 Å². The molecule has 1 aromatic heterocycles. The van der Waals surface area contributed by atoms with Crippen LogP contribution in [0.4, 0.5) is 5.82 Å². The Morgan fingerprint density at radius 1 is 1.82 bits per heavy atom. The fourth-order valence-electron chi connectivity index (χ4n) is 0.781. The number of nitriles is 1. The summed E-state index contributed by atoms with van der Waals surface area (Å²) in [5, 5.41) is 18.5. The maximum Gasteiger partial charge on any atom is 0.323 e. The zero-order valence-electron chi connectivity index (χ0n) is 5.60. The van der Waals surface area contributed by atoms with Crippen LogP contribution in [0, 0.1) is 21.4 Å². The van der Waals surface area contributed by atoms with Crippen LogP contribution in [0.3, 0.4) is 0 Å². The predicted molar refractivity (Wildman–Crippen MR) is 36.7 cm³/mol. The summed E-state index contributed by atoms with van der Waals surface area (Å²) in [7, 11) is 0. The van der Waals surface area contributed by atoms with Crippen LogP contribution in [0.5, 0.6) is 0 Å². The number of hydrogen-bond acceptors (Lipinski definition) is 3. The first-order chi connectivity index (χ1) is 5.25. The second-order valence-corrected chi connectivity index (χ2v) is 1.91. The van der Waals surface area contributed by atoms with Crippen LogP contribution >= 0.6 is 0 Å². The molecule has 0 fully saturated rings. The Morgan fingerprint density at radius 3 is 3.09 bits per heavy atom. The summed E-state index contributed by atoms with van der Waals surface area (Å²) in [5.74, 6) is -0.0495. The van der Waals surface area contributed by atoms with E-state index in [-0.39, 0.29) is 12.4 Å². The van der Waals surface area contributed by atoms with Gasteiger partial charge in [0.2, 0.25) is 0 Å². The molecule has 0 saturated carbocycles. The summed E-state index contributed by atoms with van der Waals surface area (Å²) in [6.45, 7) is 0.0172. The van der Waals surface area contributed by atoms with Crippen molar-refractivity contribution in [2.45, 2.75) is 6.54 Å². The third kappa shape index (κ3) is 1.35. The lowest BCUT2D eigenvalue weighted by Crippen LogP contribution is -1.99. The molecule has 1 rings (SSSR count). The highest BCUT2D eigenvalue weighted by Gasteiger charge is 2.09. The molecule has 1 heterocycles. The molecule has 11 heavy (non-hydrogen) atoms. The molecule has 0 aliphatic carbocycles. The Balaban J connectivity index is 2.98. The summed E-state index contributed by atoms with van der Waals surface area (Å²) in [6.07, 6.45) is 1.50. The Hall–Kier alpha value is -1.83. The molecule has 0 atom stereocenters. The zero-order chi connectivity index (χ0) is 8.27. The summed E-state index contributed by atoms with van der Waals surface area (Å²) in [6, 6.07) is 4.72. The van der Waals surface area contributed by atoms with E-state index < -0.39 is 4.92 Å². The van der Waals surface area contributed by atoms with Crippen molar-refractivity contribution in [3.05, 3.63) is 28.4 Å². The first-order valence-electron chi connectivity index (χ1n) is 2.92. The van der Waals surface area contributed by atoms with Crippen LogP contribution in [-0.4, -0.2) is 9.49 Å². The monoisotopic (exact) mass is 151 g/mol. The van der Waals surface area contributed by atoms with Crippen molar-refractivity contribution in [2.24, 2.45) is 0 Å². The van der Waals surface area contributed by atoms with E-state index in [0.717, 1.165) is 0 Å². The van der Waals surface area contributed by atoms with E-state index in [9.17, 15) is 10.1 Å². The van der Waals surface area contributed by atoms with Gasteiger partial charge in [0, 0.05) is 6.07 Å². The first kappa shape index (κ1) is 7.28. The van der Waals surface area contributed by atoms with E-state index in [4.69, 9.17) is 5.26 Å². The van der Waals surface area contributed by atoms with Crippen molar-refractivity contribution in [2.75, 3.05) is 0 Å². The standard InChI is InChI=1S/C6H5N3O2/c7-3-5-8-4-1-2-6(8)9(10)11/h1-2,4H,5H2. The first-order valence-corrected chi connectivity index (χ1v) is 2.92. The third-order valence-corrected chi connectivity index (χ3v) is 1.23. The van der Waals surface area contributed by atoms with Crippen molar-refractivity contribution in [3.8, 4) is 6.07 Å². The molecule has 5 heteroatoms. The van der Waals surface area contributed by atoms with Crippen LogP contribution in [0.1, 0.15) is 0 Å². The number of aromatic nitrogens is 1. The molecule has 0 aromatic carbocycles. The minimum Gasteiger partial charge on any atom is -0.358 e. The molecule has 0 unspecified atom stereocenters. The van der Waals surface area contributed by atoms with Gasteiger partial charge >= 0.3 is 5.82 Å². The molecule has 0 aliphatic rings. The smallest absolute Gasteiger partial charge is 0.323 e. The molecule has 1 aromatic rings. The number of nitro groups is 1. The number of rotatable bonds is 2. The quantitative estimate of drug-likeness (QED) is 0.466. The fourth-order valence-corrected chi connectivity index (χ4v) is 0.781. The molecule has 0 saturated heterocycles. The molecule has 5 nitrogen and oxygen atoms in total. The average molecular weight is 151 g/mol. The van der Waals surface area contributed by atoms with Crippen LogP contribution in [0.2, 0.25) is 0 Å². The van der Waals surface area contributed by atoms with E-state index in [1.54, 1.807) is 0 Å². The zero-order valence-corrected chi connectivity index (χ0v) is 5.60.